The number of hydrogen-bond donors (Lipinski definition) is 1. The first-order valence-electron chi connectivity index (χ1n) is 6.54. The molecule has 0 aliphatic heterocycles. The maximum Gasteiger partial charge on any atom is 0.123 e. The lowest BCUT2D eigenvalue weighted by molar-refractivity contribution is 0.149. The van der Waals surface area contributed by atoms with E-state index in [1.54, 1.807) is 21.3 Å². The molecule has 1 aromatic rings. The van der Waals surface area contributed by atoms with Gasteiger partial charge in [-0.25, -0.2) is 0 Å². The van der Waals surface area contributed by atoms with Crippen molar-refractivity contribution in [2.45, 2.75) is 19.4 Å². The van der Waals surface area contributed by atoms with Crippen LogP contribution in [0.1, 0.15) is 24.9 Å². The Bertz CT molecular complexity index is 382. The average Bonchev–Trinajstić information content (AvgIpc) is 2.44. The molecule has 2 unspecified atom stereocenters. The first-order chi connectivity index (χ1) is 9.15. The number of methoxy groups -OCH3 is 3. The van der Waals surface area contributed by atoms with E-state index in [1.165, 1.54) is 0 Å². The van der Waals surface area contributed by atoms with E-state index in [2.05, 4.69) is 12.2 Å². The van der Waals surface area contributed by atoms with Crippen molar-refractivity contribution in [3.63, 3.8) is 0 Å². The molecule has 0 aliphatic rings. The minimum Gasteiger partial charge on any atom is -0.497 e. The maximum absolute atomic E-state index is 5.44. The molecule has 108 valence electrons. The third-order valence-electron chi connectivity index (χ3n) is 3.25. The molecule has 0 bridgehead atoms. The lowest BCUT2D eigenvalue weighted by Gasteiger charge is -2.23. The molecule has 0 radical (unpaired) electrons. The van der Waals surface area contributed by atoms with Gasteiger partial charge in [-0.15, -0.1) is 0 Å². The van der Waals surface area contributed by atoms with Crippen molar-refractivity contribution in [3.8, 4) is 11.5 Å². The first kappa shape index (κ1) is 15.8. The van der Waals surface area contributed by atoms with Crippen molar-refractivity contribution < 1.29 is 14.2 Å². The summed E-state index contributed by atoms with van der Waals surface area (Å²) in [7, 11) is 7.06. The summed E-state index contributed by atoms with van der Waals surface area (Å²) in [6.07, 6.45) is 0.980. The third kappa shape index (κ3) is 4.40. The highest BCUT2D eigenvalue weighted by Crippen LogP contribution is 2.32. The summed E-state index contributed by atoms with van der Waals surface area (Å²) < 4.78 is 15.9. The van der Waals surface area contributed by atoms with Gasteiger partial charge >= 0.3 is 0 Å². The number of hydrogen-bond acceptors (Lipinski definition) is 4. The molecule has 1 aromatic carbocycles. The third-order valence-corrected chi connectivity index (χ3v) is 3.25. The van der Waals surface area contributed by atoms with Gasteiger partial charge in [0.1, 0.15) is 11.5 Å². The Morgan fingerprint density at radius 2 is 1.89 bits per heavy atom. The summed E-state index contributed by atoms with van der Waals surface area (Å²) in [5.74, 6) is 2.19. The SMILES string of the molecule is CNC(CC(C)COC)c1cc(OC)ccc1OC. The summed E-state index contributed by atoms with van der Waals surface area (Å²) in [4.78, 5) is 0. The molecule has 1 N–H and O–H groups in total. The van der Waals surface area contributed by atoms with Gasteiger partial charge in [0.05, 0.1) is 14.2 Å². The van der Waals surface area contributed by atoms with Crippen LogP contribution >= 0.6 is 0 Å². The van der Waals surface area contributed by atoms with Gasteiger partial charge in [-0.05, 0) is 37.6 Å². The smallest absolute Gasteiger partial charge is 0.123 e. The second kappa shape index (κ2) is 8.02. The highest BCUT2D eigenvalue weighted by molar-refractivity contribution is 5.42. The minimum atomic E-state index is 0.218. The van der Waals surface area contributed by atoms with Crippen LogP contribution in [0.4, 0.5) is 0 Å². The number of nitrogens with one attached hydrogen (secondary N) is 1. The Hall–Kier alpha value is -1.26. The summed E-state index contributed by atoms with van der Waals surface area (Å²) in [5, 5.41) is 3.34. The molecule has 0 heterocycles. The van der Waals surface area contributed by atoms with E-state index in [1.807, 2.05) is 25.2 Å². The Morgan fingerprint density at radius 3 is 2.42 bits per heavy atom. The molecule has 19 heavy (non-hydrogen) atoms. The van der Waals surface area contributed by atoms with Crippen molar-refractivity contribution in [1.29, 1.82) is 0 Å². The average molecular weight is 267 g/mol. The molecule has 0 spiro atoms. The van der Waals surface area contributed by atoms with Gasteiger partial charge in [0.25, 0.3) is 0 Å². The zero-order valence-corrected chi connectivity index (χ0v) is 12.5. The maximum atomic E-state index is 5.44. The van der Waals surface area contributed by atoms with E-state index in [0.717, 1.165) is 30.1 Å². The molecule has 0 aromatic heterocycles. The summed E-state index contributed by atoms with van der Waals surface area (Å²) in [6, 6.07) is 6.10. The van der Waals surface area contributed by atoms with Crippen molar-refractivity contribution >= 4 is 0 Å². The topological polar surface area (TPSA) is 39.7 Å². The zero-order valence-electron chi connectivity index (χ0n) is 12.5. The number of rotatable bonds is 8. The predicted molar refractivity (Wildman–Crippen MR) is 77.0 cm³/mol. The largest absolute Gasteiger partial charge is 0.497 e. The van der Waals surface area contributed by atoms with E-state index in [4.69, 9.17) is 14.2 Å². The molecule has 0 saturated carbocycles. The number of ether oxygens (including phenoxy) is 3. The van der Waals surface area contributed by atoms with Crippen molar-refractivity contribution in [1.82, 2.24) is 5.32 Å². The van der Waals surface area contributed by atoms with Gasteiger partial charge < -0.3 is 19.5 Å². The van der Waals surface area contributed by atoms with Crippen molar-refractivity contribution in [2.24, 2.45) is 5.92 Å². The Labute approximate surface area is 116 Å². The normalized spacial score (nSPS) is 13.9. The molecule has 4 nitrogen and oxygen atoms in total. The summed E-state index contributed by atoms with van der Waals surface area (Å²) in [6.45, 7) is 2.94. The Kier molecular flexibility index (Phi) is 6.67. The molecule has 1 rings (SSSR count). The quantitative estimate of drug-likeness (QED) is 0.786. The molecule has 0 fully saturated rings. The summed E-state index contributed by atoms with van der Waals surface area (Å²) in [5.41, 5.74) is 1.12. The predicted octanol–water partition coefficient (Wildman–Crippen LogP) is 2.64. The number of benzene rings is 1. The van der Waals surface area contributed by atoms with Gasteiger partial charge in [-0.1, -0.05) is 6.92 Å². The first-order valence-corrected chi connectivity index (χ1v) is 6.54. The van der Waals surface area contributed by atoms with E-state index < -0.39 is 0 Å². The van der Waals surface area contributed by atoms with Crippen LogP contribution in [-0.2, 0) is 4.74 Å². The second-order valence-electron chi connectivity index (χ2n) is 4.75. The fraction of sp³-hybridized carbons (Fsp3) is 0.600. The van der Waals surface area contributed by atoms with Gasteiger partial charge in [-0.2, -0.15) is 0 Å². The second-order valence-corrected chi connectivity index (χ2v) is 4.75. The molecule has 4 heteroatoms. The van der Waals surface area contributed by atoms with Crippen LogP contribution in [0.15, 0.2) is 18.2 Å². The van der Waals surface area contributed by atoms with Crippen LogP contribution in [0.3, 0.4) is 0 Å². The highest BCUT2D eigenvalue weighted by Gasteiger charge is 2.18. The van der Waals surface area contributed by atoms with Crippen LogP contribution in [0.25, 0.3) is 0 Å². The summed E-state index contributed by atoms with van der Waals surface area (Å²) >= 11 is 0. The van der Waals surface area contributed by atoms with Crippen LogP contribution in [0.5, 0.6) is 11.5 Å². The van der Waals surface area contributed by atoms with Gasteiger partial charge in [0.15, 0.2) is 0 Å². The van der Waals surface area contributed by atoms with Gasteiger partial charge in [0, 0.05) is 25.3 Å². The van der Waals surface area contributed by atoms with Crippen LogP contribution in [0, 0.1) is 5.92 Å². The van der Waals surface area contributed by atoms with Crippen molar-refractivity contribution in [2.75, 3.05) is 35.0 Å². The fourth-order valence-electron chi connectivity index (χ4n) is 2.27. The van der Waals surface area contributed by atoms with E-state index in [9.17, 15) is 0 Å². The molecular weight excluding hydrogens is 242 g/mol. The zero-order chi connectivity index (χ0) is 14.3. The van der Waals surface area contributed by atoms with Crippen molar-refractivity contribution in [3.05, 3.63) is 23.8 Å². The molecule has 0 aliphatic carbocycles. The Balaban J connectivity index is 2.95. The molecule has 0 saturated heterocycles. The Morgan fingerprint density at radius 1 is 1.16 bits per heavy atom. The standard InChI is InChI=1S/C15H25NO3/c1-11(10-17-3)8-14(16-2)13-9-12(18-4)6-7-15(13)19-5/h6-7,9,11,14,16H,8,10H2,1-5H3. The van der Waals surface area contributed by atoms with Crippen LogP contribution < -0.4 is 14.8 Å². The van der Waals surface area contributed by atoms with Crippen LogP contribution in [-0.4, -0.2) is 35.0 Å². The lowest BCUT2D eigenvalue weighted by Crippen LogP contribution is -2.21. The highest BCUT2D eigenvalue weighted by atomic mass is 16.5. The fourth-order valence-corrected chi connectivity index (χ4v) is 2.27. The van der Waals surface area contributed by atoms with E-state index >= 15 is 0 Å². The van der Waals surface area contributed by atoms with E-state index in [0.29, 0.717) is 5.92 Å². The monoisotopic (exact) mass is 267 g/mol. The molecule has 0 amide bonds. The van der Waals surface area contributed by atoms with Gasteiger partial charge in [-0.3, -0.25) is 0 Å². The molecule has 2 atom stereocenters. The lowest BCUT2D eigenvalue weighted by atomic mass is 9.95. The minimum absolute atomic E-state index is 0.218. The van der Waals surface area contributed by atoms with E-state index in [-0.39, 0.29) is 6.04 Å². The van der Waals surface area contributed by atoms with Gasteiger partial charge in [0.2, 0.25) is 0 Å². The molecular formula is C15H25NO3. The van der Waals surface area contributed by atoms with Crippen LogP contribution in [0.2, 0.25) is 0 Å².